The van der Waals surface area contributed by atoms with Gasteiger partial charge in [-0.2, -0.15) is 0 Å². The van der Waals surface area contributed by atoms with E-state index in [9.17, 15) is 13.2 Å². The summed E-state index contributed by atoms with van der Waals surface area (Å²) in [6.07, 6.45) is 4.24. The van der Waals surface area contributed by atoms with Gasteiger partial charge in [0.1, 0.15) is 31.0 Å². The van der Waals surface area contributed by atoms with E-state index in [4.69, 9.17) is 14.2 Å². The average molecular weight is 446 g/mol. The number of anilines is 1. The van der Waals surface area contributed by atoms with Crippen LogP contribution in [0, 0.1) is 0 Å². The normalized spacial score (nSPS) is 15.8. The number of ether oxygens (including phenoxy) is 3. The molecule has 0 aliphatic carbocycles. The third-order valence-corrected chi connectivity index (χ3v) is 5.65. The molecule has 0 bridgehead atoms. The predicted octanol–water partition coefficient (Wildman–Crippen LogP) is 2.22. The van der Waals surface area contributed by atoms with Crippen molar-refractivity contribution in [2.75, 3.05) is 25.3 Å². The van der Waals surface area contributed by atoms with Gasteiger partial charge in [-0.25, -0.2) is 18.4 Å². The summed E-state index contributed by atoms with van der Waals surface area (Å²) in [5.41, 5.74) is 1.64. The highest BCUT2D eigenvalue weighted by Gasteiger charge is 2.28. The van der Waals surface area contributed by atoms with E-state index in [1.165, 1.54) is 13.0 Å². The molecular weight excluding hydrogens is 424 g/mol. The molecule has 4 rings (SSSR count). The fourth-order valence-electron chi connectivity index (χ4n) is 3.41. The number of nitrogens with zero attached hydrogens (tertiary/aromatic N) is 3. The van der Waals surface area contributed by atoms with Crippen LogP contribution in [0.15, 0.2) is 29.6 Å². The third kappa shape index (κ3) is 4.06. The molecule has 1 aliphatic rings. The molecule has 164 valence electrons. The Bertz CT molecular complexity index is 1280. The van der Waals surface area contributed by atoms with Crippen LogP contribution in [-0.2, 0) is 26.1 Å². The van der Waals surface area contributed by atoms with Crippen LogP contribution in [0.4, 0.5) is 5.82 Å². The number of hydrogen-bond acceptors (Lipinski definition) is 8. The van der Waals surface area contributed by atoms with Gasteiger partial charge in [0, 0.05) is 43.5 Å². The van der Waals surface area contributed by atoms with Crippen molar-refractivity contribution in [1.82, 2.24) is 14.5 Å². The molecule has 1 amide bonds. The first-order chi connectivity index (χ1) is 14.7. The number of aromatic nitrogens is 3. The van der Waals surface area contributed by atoms with Crippen molar-refractivity contribution in [2.45, 2.75) is 31.7 Å². The Morgan fingerprint density at radius 3 is 2.84 bits per heavy atom. The lowest BCUT2D eigenvalue weighted by Crippen LogP contribution is -2.26. The Morgan fingerprint density at radius 2 is 2.16 bits per heavy atom. The van der Waals surface area contributed by atoms with E-state index >= 15 is 0 Å². The lowest BCUT2D eigenvalue weighted by Gasteiger charge is -2.25. The maximum atomic E-state index is 12.3. The second-order valence-corrected chi connectivity index (χ2v) is 9.31. The minimum absolute atomic E-state index is 0.122. The summed E-state index contributed by atoms with van der Waals surface area (Å²) in [6, 6.07) is 3.08. The number of fused-ring (bicyclic) bond motifs is 2. The third-order valence-electron chi connectivity index (χ3n) is 4.68. The molecule has 10 nitrogen and oxygen atoms in total. The molecule has 1 atom stereocenters. The Labute approximate surface area is 179 Å². The van der Waals surface area contributed by atoms with Gasteiger partial charge in [0.25, 0.3) is 0 Å². The molecule has 1 N–H and O–H groups in total. The number of nitrogens with one attached hydrogen (secondary N) is 1. The van der Waals surface area contributed by atoms with Crippen LogP contribution in [0.5, 0.6) is 11.5 Å². The van der Waals surface area contributed by atoms with Gasteiger partial charge in [-0.1, -0.05) is 0 Å². The second-order valence-electron chi connectivity index (χ2n) is 7.35. The highest BCUT2D eigenvalue weighted by Crippen LogP contribution is 2.44. The van der Waals surface area contributed by atoms with E-state index in [1.54, 1.807) is 25.6 Å². The molecule has 0 radical (unpaired) electrons. The van der Waals surface area contributed by atoms with Gasteiger partial charge in [0.2, 0.25) is 5.91 Å². The van der Waals surface area contributed by atoms with E-state index in [2.05, 4.69) is 15.3 Å². The van der Waals surface area contributed by atoms with Crippen molar-refractivity contribution in [3.8, 4) is 22.8 Å². The van der Waals surface area contributed by atoms with Gasteiger partial charge in [-0.05, 0) is 13.0 Å². The monoisotopic (exact) mass is 446 g/mol. The molecule has 0 spiro atoms. The minimum atomic E-state index is -3.61. The molecule has 3 aromatic rings. The molecule has 0 unspecified atom stereocenters. The molecule has 11 heteroatoms. The van der Waals surface area contributed by atoms with Crippen molar-refractivity contribution < 1.29 is 27.4 Å². The van der Waals surface area contributed by atoms with Gasteiger partial charge in [-0.3, -0.25) is 4.79 Å². The lowest BCUT2D eigenvalue weighted by atomic mass is 10.1. The predicted molar refractivity (Wildman–Crippen MR) is 113 cm³/mol. The molecular formula is C20H22N4O6S. The Kier molecular flexibility index (Phi) is 5.31. The fourth-order valence-corrected chi connectivity index (χ4v) is 3.99. The smallest absolute Gasteiger partial charge is 0.222 e. The topological polar surface area (TPSA) is 122 Å². The number of carbonyl (C=O) groups excluding carboxylic acids is 1. The van der Waals surface area contributed by atoms with Crippen LogP contribution in [0.3, 0.4) is 0 Å². The summed E-state index contributed by atoms with van der Waals surface area (Å²) in [7, 11) is -2.05. The molecule has 3 aromatic heterocycles. The van der Waals surface area contributed by atoms with Crippen molar-refractivity contribution in [3.63, 3.8) is 0 Å². The molecule has 0 saturated carbocycles. The van der Waals surface area contributed by atoms with Gasteiger partial charge in [0.05, 0.1) is 11.7 Å². The molecule has 0 aromatic carbocycles. The van der Waals surface area contributed by atoms with Gasteiger partial charge < -0.3 is 24.1 Å². The average Bonchev–Trinajstić information content (AvgIpc) is 3.03. The molecule has 1 aliphatic heterocycles. The fraction of sp³-hybridized carbons (Fsp3) is 0.350. The zero-order valence-electron chi connectivity index (χ0n) is 17.5. The number of sulfone groups is 1. The van der Waals surface area contributed by atoms with E-state index < -0.39 is 9.84 Å². The summed E-state index contributed by atoms with van der Waals surface area (Å²) in [6.45, 7) is 3.76. The first-order valence-electron chi connectivity index (χ1n) is 9.47. The quantitative estimate of drug-likeness (QED) is 0.633. The van der Waals surface area contributed by atoms with Gasteiger partial charge in [-0.15, -0.1) is 0 Å². The van der Waals surface area contributed by atoms with Crippen LogP contribution in [-0.4, -0.2) is 54.9 Å². The number of methoxy groups -OCH3 is 1. The van der Waals surface area contributed by atoms with Crippen molar-refractivity contribution >= 4 is 32.5 Å². The summed E-state index contributed by atoms with van der Waals surface area (Å²) < 4.78 is 43.4. The minimum Gasteiger partial charge on any atom is -0.484 e. The number of carbonyl (C=O) groups is 1. The molecule has 4 heterocycles. The highest BCUT2D eigenvalue weighted by molar-refractivity contribution is 7.90. The maximum absolute atomic E-state index is 12.3. The second kappa shape index (κ2) is 7.82. The van der Waals surface area contributed by atoms with E-state index in [0.29, 0.717) is 40.6 Å². The number of rotatable bonds is 5. The zero-order valence-corrected chi connectivity index (χ0v) is 18.3. The SMILES string of the molecule is COCn1cc(-c2nc(S(C)(=O)=O)cc3c2OC[C@@H](C)O3)c2cc(NC(C)=O)ncc21. The number of pyridine rings is 2. The number of amides is 1. The van der Waals surface area contributed by atoms with Crippen LogP contribution in [0.25, 0.3) is 22.2 Å². The molecule has 0 fully saturated rings. The Balaban J connectivity index is 2.01. The molecule has 31 heavy (non-hydrogen) atoms. The number of hydrogen-bond donors (Lipinski definition) is 1. The summed E-state index contributed by atoms with van der Waals surface area (Å²) in [5.74, 6) is 0.771. The van der Waals surface area contributed by atoms with Gasteiger partial charge in [0.15, 0.2) is 26.4 Å². The first kappa shape index (κ1) is 21.1. The van der Waals surface area contributed by atoms with Crippen LogP contribution < -0.4 is 14.8 Å². The highest BCUT2D eigenvalue weighted by atomic mass is 32.2. The maximum Gasteiger partial charge on any atom is 0.222 e. The van der Waals surface area contributed by atoms with E-state index in [-0.39, 0.29) is 23.8 Å². The summed E-state index contributed by atoms with van der Waals surface area (Å²) >= 11 is 0. The van der Waals surface area contributed by atoms with E-state index in [1.807, 2.05) is 11.5 Å². The Hall–Kier alpha value is -3.18. The van der Waals surface area contributed by atoms with Crippen molar-refractivity contribution in [2.24, 2.45) is 0 Å². The zero-order chi connectivity index (χ0) is 22.3. The van der Waals surface area contributed by atoms with E-state index in [0.717, 1.165) is 11.8 Å². The van der Waals surface area contributed by atoms with Crippen molar-refractivity contribution in [3.05, 3.63) is 24.5 Å². The van der Waals surface area contributed by atoms with Crippen LogP contribution in [0.1, 0.15) is 13.8 Å². The van der Waals surface area contributed by atoms with Crippen LogP contribution >= 0.6 is 0 Å². The summed E-state index contributed by atoms with van der Waals surface area (Å²) in [5, 5.41) is 3.23. The lowest BCUT2D eigenvalue weighted by molar-refractivity contribution is -0.114. The molecule has 0 saturated heterocycles. The standard InChI is InChI=1S/C20H22N4O6S/c1-11-9-29-20-16(30-11)6-18(31(4,26)27)23-19(20)14-8-24(10-28-3)15-7-21-17(5-13(14)15)22-12(2)25/h5-8,11H,9-10H2,1-4H3,(H,21,22,25)/t11-/m1/s1. The summed E-state index contributed by atoms with van der Waals surface area (Å²) in [4.78, 5) is 20.2. The van der Waals surface area contributed by atoms with Crippen LogP contribution in [0.2, 0.25) is 0 Å². The van der Waals surface area contributed by atoms with Gasteiger partial charge >= 0.3 is 0 Å². The first-order valence-corrected chi connectivity index (χ1v) is 11.4. The van der Waals surface area contributed by atoms with Crippen molar-refractivity contribution in [1.29, 1.82) is 0 Å². The Morgan fingerprint density at radius 1 is 1.39 bits per heavy atom. The largest absolute Gasteiger partial charge is 0.484 e.